The van der Waals surface area contributed by atoms with E-state index in [-0.39, 0.29) is 16.3 Å². The standard InChI is InChI=1S/C14H9BrClFN2O2/c15-9-5-12-11(18-14(21)19-12)4-8(9)13(20)7-2-1-6(16)3-10(7)17/h1-5,13,20H,(H2,18,19,21). The second-order valence-corrected chi connectivity index (χ2v) is 5.86. The number of aromatic amines is 2. The van der Waals surface area contributed by atoms with Crippen LogP contribution in [0.4, 0.5) is 4.39 Å². The maximum absolute atomic E-state index is 13.9. The number of aliphatic hydroxyl groups excluding tert-OH is 1. The normalized spacial score (nSPS) is 12.8. The number of halogens is 3. The molecule has 108 valence electrons. The molecule has 0 saturated heterocycles. The SMILES string of the molecule is O=c1[nH]c2cc(Br)c(C(O)c3ccc(Cl)cc3F)cc2[nH]1. The molecule has 0 aliphatic heterocycles. The Morgan fingerprint density at radius 2 is 1.81 bits per heavy atom. The van der Waals surface area contributed by atoms with Crippen LogP contribution in [-0.4, -0.2) is 15.1 Å². The molecule has 0 aliphatic rings. The molecule has 1 atom stereocenters. The van der Waals surface area contributed by atoms with Crippen molar-refractivity contribution >= 4 is 38.6 Å². The number of hydrogen-bond donors (Lipinski definition) is 3. The van der Waals surface area contributed by atoms with Crippen LogP contribution in [0.2, 0.25) is 5.02 Å². The Bertz CT molecular complexity index is 890. The predicted octanol–water partition coefficient (Wildman–Crippen LogP) is 3.49. The van der Waals surface area contributed by atoms with Crippen LogP contribution < -0.4 is 5.69 Å². The molecule has 2 aromatic carbocycles. The van der Waals surface area contributed by atoms with Gasteiger partial charge in [-0.1, -0.05) is 33.6 Å². The van der Waals surface area contributed by atoms with E-state index in [4.69, 9.17) is 11.6 Å². The summed E-state index contributed by atoms with van der Waals surface area (Å²) in [5, 5.41) is 10.7. The molecule has 3 aromatic rings. The molecular weight excluding hydrogens is 363 g/mol. The van der Waals surface area contributed by atoms with Crippen molar-refractivity contribution in [2.24, 2.45) is 0 Å². The Kier molecular flexibility index (Phi) is 3.61. The third-order valence-electron chi connectivity index (χ3n) is 3.18. The van der Waals surface area contributed by atoms with Gasteiger partial charge in [-0.15, -0.1) is 0 Å². The Balaban J connectivity index is 2.14. The topological polar surface area (TPSA) is 68.9 Å². The Hall–Kier alpha value is -1.63. The second kappa shape index (κ2) is 5.29. The Morgan fingerprint density at radius 1 is 1.14 bits per heavy atom. The average molecular weight is 372 g/mol. The highest BCUT2D eigenvalue weighted by atomic mass is 79.9. The molecule has 3 rings (SSSR count). The Labute approximate surface area is 131 Å². The summed E-state index contributed by atoms with van der Waals surface area (Å²) in [6, 6.07) is 7.33. The van der Waals surface area contributed by atoms with Gasteiger partial charge in [-0.25, -0.2) is 9.18 Å². The molecule has 0 aliphatic carbocycles. The summed E-state index contributed by atoms with van der Waals surface area (Å²) in [6.07, 6.45) is -1.18. The fourth-order valence-electron chi connectivity index (χ4n) is 2.17. The molecule has 0 radical (unpaired) electrons. The van der Waals surface area contributed by atoms with E-state index in [1.807, 2.05) is 0 Å². The molecule has 3 N–H and O–H groups in total. The first-order valence-electron chi connectivity index (χ1n) is 6.00. The van der Waals surface area contributed by atoms with Gasteiger partial charge in [0.05, 0.1) is 11.0 Å². The molecular formula is C14H9BrClFN2O2. The number of H-pyrrole nitrogens is 2. The molecule has 4 nitrogen and oxygen atoms in total. The van der Waals surface area contributed by atoms with Crippen LogP contribution in [0.1, 0.15) is 17.2 Å². The van der Waals surface area contributed by atoms with Crippen molar-refractivity contribution in [3.05, 3.63) is 67.3 Å². The molecule has 0 bridgehead atoms. The monoisotopic (exact) mass is 370 g/mol. The van der Waals surface area contributed by atoms with Crippen LogP contribution in [0.3, 0.4) is 0 Å². The fraction of sp³-hybridized carbons (Fsp3) is 0.0714. The lowest BCUT2D eigenvalue weighted by molar-refractivity contribution is 0.214. The number of nitrogens with one attached hydrogen (secondary N) is 2. The van der Waals surface area contributed by atoms with Crippen LogP contribution in [0.5, 0.6) is 0 Å². The predicted molar refractivity (Wildman–Crippen MR) is 82.1 cm³/mol. The van der Waals surface area contributed by atoms with Crippen molar-refractivity contribution < 1.29 is 9.50 Å². The number of hydrogen-bond acceptors (Lipinski definition) is 2. The zero-order valence-corrected chi connectivity index (χ0v) is 12.8. The summed E-state index contributed by atoms with van der Waals surface area (Å²) in [6.45, 7) is 0. The first-order valence-corrected chi connectivity index (χ1v) is 7.17. The highest BCUT2D eigenvalue weighted by Gasteiger charge is 2.19. The van der Waals surface area contributed by atoms with Crippen molar-refractivity contribution in [2.75, 3.05) is 0 Å². The first-order chi connectivity index (χ1) is 9.95. The van der Waals surface area contributed by atoms with Gasteiger partial charge >= 0.3 is 5.69 Å². The van der Waals surface area contributed by atoms with Gasteiger partial charge in [0, 0.05) is 20.6 Å². The zero-order chi connectivity index (χ0) is 15.1. The quantitative estimate of drug-likeness (QED) is 0.645. The van der Waals surface area contributed by atoms with Gasteiger partial charge in [-0.3, -0.25) is 0 Å². The number of benzene rings is 2. The van der Waals surface area contributed by atoms with Crippen molar-refractivity contribution in [1.82, 2.24) is 9.97 Å². The summed E-state index contributed by atoms with van der Waals surface area (Å²) >= 11 is 9.02. The highest BCUT2D eigenvalue weighted by Crippen LogP contribution is 2.32. The van der Waals surface area contributed by atoms with Gasteiger partial charge < -0.3 is 15.1 Å². The number of imidazole rings is 1. The molecule has 0 fully saturated rings. The summed E-state index contributed by atoms with van der Waals surface area (Å²) in [5.74, 6) is -0.593. The summed E-state index contributed by atoms with van der Waals surface area (Å²) in [7, 11) is 0. The van der Waals surface area contributed by atoms with E-state index >= 15 is 0 Å². The molecule has 0 spiro atoms. The van der Waals surface area contributed by atoms with Crippen molar-refractivity contribution in [3.63, 3.8) is 0 Å². The van der Waals surface area contributed by atoms with Gasteiger partial charge in [0.2, 0.25) is 0 Å². The second-order valence-electron chi connectivity index (χ2n) is 4.57. The maximum atomic E-state index is 13.9. The third kappa shape index (κ3) is 2.62. The summed E-state index contributed by atoms with van der Waals surface area (Å²) in [4.78, 5) is 16.5. The van der Waals surface area contributed by atoms with E-state index in [0.29, 0.717) is 21.1 Å². The van der Waals surface area contributed by atoms with Crippen molar-refractivity contribution in [3.8, 4) is 0 Å². The van der Waals surface area contributed by atoms with Gasteiger partial charge in [0.15, 0.2) is 0 Å². The molecule has 7 heteroatoms. The van der Waals surface area contributed by atoms with Crippen LogP contribution in [0, 0.1) is 5.82 Å². The van der Waals surface area contributed by atoms with Gasteiger partial charge in [-0.05, 0) is 24.3 Å². The number of rotatable bonds is 2. The number of fused-ring (bicyclic) bond motifs is 1. The van der Waals surface area contributed by atoms with Crippen molar-refractivity contribution in [1.29, 1.82) is 0 Å². The van der Waals surface area contributed by atoms with Crippen LogP contribution >= 0.6 is 27.5 Å². The van der Waals surface area contributed by atoms with Crippen LogP contribution in [0.15, 0.2) is 39.6 Å². The lowest BCUT2D eigenvalue weighted by atomic mass is 10.0. The van der Waals surface area contributed by atoms with Gasteiger partial charge in [-0.2, -0.15) is 0 Å². The van der Waals surface area contributed by atoms with Crippen LogP contribution in [0.25, 0.3) is 11.0 Å². The number of aliphatic hydroxyl groups is 1. The van der Waals surface area contributed by atoms with E-state index in [9.17, 15) is 14.3 Å². The van der Waals surface area contributed by atoms with Crippen LogP contribution in [-0.2, 0) is 0 Å². The minimum atomic E-state index is -1.18. The van der Waals surface area contributed by atoms with Gasteiger partial charge in [0.25, 0.3) is 0 Å². The third-order valence-corrected chi connectivity index (χ3v) is 4.11. The fourth-order valence-corrected chi connectivity index (χ4v) is 2.89. The summed E-state index contributed by atoms with van der Waals surface area (Å²) in [5.41, 5.74) is 1.34. The molecule has 1 heterocycles. The highest BCUT2D eigenvalue weighted by molar-refractivity contribution is 9.10. The smallest absolute Gasteiger partial charge is 0.323 e. The molecule has 21 heavy (non-hydrogen) atoms. The molecule has 0 amide bonds. The molecule has 0 saturated carbocycles. The van der Waals surface area contributed by atoms with E-state index in [0.717, 1.165) is 6.07 Å². The minimum Gasteiger partial charge on any atom is -0.384 e. The average Bonchev–Trinajstić information content (AvgIpc) is 2.76. The van der Waals surface area contributed by atoms with Crippen molar-refractivity contribution in [2.45, 2.75) is 6.10 Å². The molecule has 1 aromatic heterocycles. The number of aromatic nitrogens is 2. The van der Waals surface area contributed by atoms with E-state index in [2.05, 4.69) is 25.9 Å². The van der Waals surface area contributed by atoms with E-state index < -0.39 is 11.9 Å². The van der Waals surface area contributed by atoms with E-state index in [1.165, 1.54) is 12.1 Å². The lowest BCUT2D eigenvalue weighted by Gasteiger charge is -2.14. The maximum Gasteiger partial charge on any atom is 0.323 e. The minimum absolute atomic E-state index is 0.109. The molecule has 1 unspecified atom stereocenters. The summed E-state index contributed by atoms with van der Waals surface area (Å²) < 4.78 is 14.5. The Morgan fingerprint density at radius 3 is 2.48 bits per heavy atom. The van der Waals surface area contributed by atoms with E-state index in [1.54, 1.807) is 12.1 Å². The largest absolute Gasteiger partial charge is 0.384 e. The first kappa shape index (κ1) is 14.3. The van der Waals surface area contributed by atoms with Gasteiger partial charge in [0.1, 0.15) is 11.9 Å². The lowest BCUT2D eigenvalue weighted by Crippen LogP contribution is -2.03. The zero-order valence-electron chi connectivity index (χ0n) is 10.5.